The van der Waals surface area contributed by atoms with Gasteiger partial charge in [0.2, 0.25) is 0 Å². The molecule has 0 bridgehead atoms. The standard InChI is InChI=1S/C16H14N4S2/c1-9-5-11(3)19-13(7-17)15(9)21-22-16-10(2)6-12(4)20-14(16)8-18/h5-6H,1-4H3. The quantitative estimate of drug-likeness (QED) is 0.785. The topological polar surface area (TPSA) is 73.4 Å². The lowest BCUT2D eigenvalue weighted by Crippen LogP contribution is -1.95. The normalized spacial score (nSPS) is 10.1. The number of pyridine rings is 2. The Morgan fingerprint density at radius 2 is 1.14 bits per heavy atom. The Kier molecular flexibility index (Phi) is 5.07. The zero-order valence-electron chi connectivity index (χ0n) is 12.8. The summed E-state index contributed by atoms with van der Waals surface area (Å²) >= 11 is 0. The molecule has 22 heavy (non-hydrogen) atoms. The number of aromatic nitrogens is 2. The average molecular weight is 326 g/mol. The first-order valence-corrected chi connectivity index (χ1v) is 8.72. The van der Waals surface area contributed by atoms with E-state index in [1.54, 1.807) is 0 Å². The number of aryl methyl sites for hydroxylation is 4. The maximum absolute atomic E-state index is 9.26. The van der Waals surface area contributed by atoms with Gasteiger partial charge < -0.3 is 0 Å². The summed E-state index contributed by atoms with van der Waals surface area (Å²) in [4.78, 5) is 10.2. The van der Waals surface area contributed by atoms with Gasteiger partial charge in [-0.05, 0) is 72.5 Å². The van der Waals surface area contributed by atoms with Crippen LogP contribution in [0.25, 0.3) is 0 Å². The lowest BCUT2D eigenvalue weighted by molar-refractivity contribution is 1.07. The highest BCUT2D eigenvalue weighted by atomic mass is 33.1. The van der Waals surface area contributed by atoms with E-state index >= 15 is 0 Å². The van der Waals surface area contributed by atoms with Crippen LogP contribution in [-0.2, 0) is 0 Å². The van der Waals surface area contributed by atoms with Crippen LogP contribution < -0.4 is 0 Å². The first kappa shape index (κ1) is 16.4. The Morgan fingerprint density at radius 1 is 0.773 bits per heavy atom. The van der Waals surface area contributed by atoms with Crippen molar-refractivity contribution in [2.45, 2.75) is 37.5 Å². The molecule has 2 aromatic rings. The first-order valence-electron chi connectivity index (χ1n) is 6.57. The predicted molar refractivity (Wildman–Crippen MR) is 88.6 cm³/mol. The van der Waals surface area contributed by atoms with Gasteiger partial charge in [-0.3, -0.25) is 0 Å². The predicted octanol–water partition coefficient (Wildman–Crippen LogP) is 4.25. The summed E-state index contributed by atoms with van der Waals surface area (Å²) in [6.45, 7) is 7.67. The van der Waals surface area contributed by atoms with Gasteiger partial charge in [-0.25, -0.2) is 9.97 Å². The van der Waals surface area contributed by atoms with E-state index in [2.05, 4.69) is 22.1 Å². The summed E-state index contributed by atoms with van der Waals surface area (Å²) in [6.07, 6.45) is 0. The SMILES string of the molecule is Cc1cc(C)c(SSc2c(C)cc(C)nc2C#N)c(C#N)n1. The molecular weight excluding hydrogens is 312 g/mol. The average Bonchev–Trinajstić information content (AvgIpc) is 2.46. The van der Waals surface area contributed by atoms with Gasteiger partial charge >= 0.3 is 0 Å². The third-order valence-corrected chi connectivity index (χ3v) is 5.69. The Bertz CT molecular complexity index is 747. The summed E-state index contributed by atoms with van der Waals surface area (Å²) in [5.74, 6) is 0. The molecule has 0 aliphatic rings. The van der Waals surface area contributed by atoms with Crippen molar-refractivity contribution in [2.24, 2.45) is 0 Å². The number of nitrogens with zero attached hydrogens (tertiary/aromatic N) is 4. The van der Waals surface area contributed by atoms with Crippen molar-refractivity contribution in [2.75, 3.05) is 0 Å². The second kappa shape index (κ2) is 6.83. The molecule has 0 aromatic carbocycles. The van der Waals surface area contributed by atoms with Gasteiger partial charge in [0.25, 0.3) is 0 Å². The Morgan fingerprint density at radius 3 is 1.45 bits per heavy atom. The van der Waals surface area contributed by atoms with Crippen LogP contribution in [0.4, 0.5) is 0 Å². The fourth-order valence-electron chi connectivity index (χ4n) is 2.10. The number of hydrogen-bond donors (Lipinski definition) is 0. The van der Waals surface area contributed by atoms with Crippen molar-refractivity contribution < 1.29 is 0 Å². The molecule has 0 fully saturated rings. The van der Waals surface area contributed by atoms with Crippen LogP contribution in [0.2, 0.25) is 0 Å². The van der Waals surface area contributed by atoms with Gasteiger partial charge in [0, 0.05) is 11.4 Å². The lowest BCUT2D eigenvalue weighted by Gasteiger charge is -2.10. The lowest BCUT2D eigenvalue weighted by atomic mass is 10.2. The number of nitriles is 2. The fraction of sp³-hybridized carbons (Fsp3) is 0.250. The van der Waals surface area contributed by atoms with E-state index in [1.807, 2.05) is 39.8 Å². The van der Waals surface area contributed by atoms with E-state index < -0.39 is 0 Å². The van der Waals surface area contributed by atoms with Crippen molar-refractivity contribution in [3.63, 3.8) is 0 Å². The van der Waals surface area contributed by atoms with Gasteiger partial charge in [0.15, 0.2) is 11.4 Å². The van der Waals surface area contributed by atoms with Crippen LogP contribution >= 0.6 is 21.6 Å². The molecule has 0 aliphatic carbocycles. The Labute approximate surface area is 138 Å². The molecule has 0 N–H and O–H groups in total. The van der Waals surface area contributed by atoms with Crippen LogP contribution in [0.1, 0.15) is 33.9 Å². The molecule has 110 valence electrons. The Balaban J connectivity index is 2.37. The monoisotopic (exact) mass is 326 g/mol. The summed E-state index contributed by atoms with van der Waals surface area (Å²) in [5.41, 5.74) is 4.52. The largest absolute Gasteiger partial charge is 0.241 e. The summed E-state index contributed by atoms with van der Waals surface area (Å²) in [6, 6.07) is 8.19. The smallest absolute Gasteiger partial charge is 0.155 e. The van der Waals surface area contributed by atoms with Crippen molar-refractivity contribution >= 4 is 21.6 Å². The summed E-state index contributed by atoms with van der Waals surface area (Å²) in [5, 5.41) is 18.5. The molecule has 0 atom stereocenters. The van der Waals surface area contributed by atoms with Crippen molar-refractivity contribution in [3.05, 3.63) is 46.0 Å². The van der Waals surface area contributed by atoms with Crippen molar-refractivity contribution in [1.29, 1.82) is 10.5 Å². The molecule has 0 saturated carbocycles. The van der Waals surface area contributed by atoms with Crippen LogP contribution in [0.5, 0.6) is 0 Å². The molecule has 4 nitrogen and oxygen atoms in total. The molecule has 2 rings (SSSR count). The maximum Gasteiger partial charge on any atom is 0.155 e. The fourth-order valence-corrected chi connectivity index (χ4v) is 4.75. The minimum absolute atomic E-state index is 0.422. The molecule has 0 saturated heterocycles. The van der Waals surface area contributed by atoms with Crippen molar-refractivity contribution in [1.82, 2.24) is 9.97 Å². The van der Waals surface area contributed by atoms with E-state index in [1.165, 1.54) is 21.6 Å². The second-order valence-electron chi connectivity index (χ2n) is 4.91. The first-order chi connectivity index (χ1) is 10.5. The van der Waals surface area contributed by atoms with Gasteiger partial charge in [0.1, 0.15) is 12.1 Å². The second-order valence-corrected chi connectivity index (χ2v) is 7.06. The van der Waals surface area contributed by atoms with Crippen LogP contribution in [-0.4, -0.2) is 9.97 Å². The highest BCUT2D eigenvalue weighted by Gasteiger charge is 2.14. The summed E-state index contributed by atoms with van der Waals surface area (Å²) in [7, 11) is 2.90. The molecule has 0 aliphatic heterocycles. The zero-order valence-corrected chi connectivity index (χ0v) is 14.4. The minimum Gasteiger partial charge on any atom is -0.241 e. The number of rotatable bonds is 3. The van der Waals surface area contributed by atoms with E-state index in [9.17, 15) is 10.5 Å². The van der Waals surface area contributed by atoms with Crippen LogP contribution in [0.3, 0.4) is 0 Å². The Hall–Kier alpha value is -2.02. The zero-order chi connectivity index (χ0) is 16.3. The van der Waals surface area contributed by atoms with Gasteiger partial charge in [0.05, 0.1) is 9.79 Å². The van der Waals surface area contributed by atoms with Gasteiger partial charge in [-0.2, -0.15) is 10.5 Å². The van der Waals surface area contributed by atoms with E-state index in [0.29, 0.717) is 11.4 Å². The van der Waals surface area contributed by atoms with Crippen molar-refractivity contribution in [3.8, 4) is 12.1 Å². The molecule has 0 spiro atoms. The minimum atomic E-state index is 0.422. The van der Waals surface area contributed by atoms with Crippen LogP contribution in [0.15, 0.2) is 21.9 Å². The van der Waals surface area contributed by atoms with Gasteiger partial charge in [-0.15, -0.1) is 0 Å². The van der Waals surface area contributed by atoms with Crippen LogP contribution in [0, 0.1) is 50.4 Å². The van der Waals surface area contributed by atoms with E-state index in [-0.39, 0.29) is 0 Å². The number of hydrogen-bond acceptors (Lipinski definition) is 6. The third-order valence-electron chi connectivity index (χ3n) is 2.99. The molecule has 0 radical (unpaired) electrons. The van der Waals surface area contributed by atoms with Gasteiger partial charge in [-0.1, -0.05) is 0 Å². The summed E-state index contributed by atoms with van der Waals surface area (Å²) < 4.78 is 0. The highest BCUT2D eigenvalue weighted by molar-refractivity contribution is 8.76. The molecule has 6 heteroatoms. The molecule has 0 amide bonds. The van der Waals surface area contributed by atoms with E-state index in [4.69, 9.17) is 0 Å². The third kappa shape index (κ3) is 3.41. The molecular formula is C16H14N4S2. The maximum atomic E-state index is 9.26. The molecule has 2 heterocycles. The van der Waals surface area contributed by atoms with E-state index in [0.717, 1.165) is 32.3 Å². The highest BCUT2D eigenvalue weighted by Crippen LogP contribution is 2.42. The molecule has 0 unspecified atom stereocenters. The molecule has 2 aromatic heterocycles.